The zero-order chi connectivity index (χ0) is 14.8. The van der Waals surface area contributed by atoms with Crippen LogP contribution < -0.4 is 4.72 Å². The van der Waals surface area contributed by atoms with E-state index in [0.29, 0.717) is 13.1 Å². The fourth-order valence-corrected chi connectivity index (χ4v) is 2.77. The van der Waals surface area contributed by atoms with Crippen molar-refractivity contribution >= 4 is 10.2 Å². The van der Waals surface area contributed by atoms with E-state index < -0.39 is 10.2 Å². The van der Waals surface area contributed by atoms with E-state index in [-0.39, 0.29) is 6.61 Å². The second-order valence-corrected chi connectivity index (χ2v) is 6.64. The Morgan fingerprint density at radius 1 is 1.10 bits per heavy atom. The Hall–Kier alpha value is -0.950. The minimum Gasteiger partial charge on any atom is -0.396 e. The third-order valence-corrected chi connectivity index (χ3v) is 4.55. The maximum absolute atomic E-state index is 12.0. The summed E-state index contributed by atoms with van der Waals surface area (Å²) in [5.74, 6) is 0. The van der Waals surface area contributed by atoms with Crippen molar-refractivity contribution in [1.82, 2.24) is 9.03 Å². The van der Waals surface area contributed by atoms with Crippen LogP contribution >= 0.6 is 0 Å². The van der Waals surface area contributed by atoms with Crippen LogP contribution in [0.4, 0.5) is 0 Å². The van der Waals surface area contributed by atoms with Crippen LogP contribution in [0.5, 0.6) is 0 Å². The summed E-state index contributed by atoms with van der Waals surface area (Å²) in [5.41, 5.74) is 0.961. The topological polar surface area (TPSA) is 69.6 Å². The molecule has 0 saturated heterocycles. The predicted octanol–water partition coefficient (Wildman–Crippen LogP) is 1.51. The zero-order valence-electron chi connectivity index (χ0n) is 12.0. The second kappa shape index (κ2) is 9.07. The summed E-state index contributed by atoms with van der Waals surface area (Å²) >= 11 is 0. The summed E-state index contributed by atoms with van der Waals surface area (Å²) in [6.45, 7) is 0.999. The molecule has 0 bridgehead atoms. The molecular formula is C14H24N2O3S. The molecule has 0 atom stereocenters. The highest BCUT2D eigenvalue weighted by Gasteiger charge is 2.16. The number of aliphatic hydroxyl groups excluding tert-OH is 1. The van der Waals surface area contributed by atoms with Gasteiger partial charge in [-0.2, -0.15) is 12.7 Å². The van der Waals surface area contributed by atoms with Gasteiger partial charge in [0, 0.05) is 26.7 Å². The summed E-state index contributed by atoms with van der Waals surface area (Å²) in [4.78, 5) is 0. The maximum atomic E-state index is 12.0. The Morgan fingerprint density at radius 2 is 1.75 bits per heavy atom. The molecule has 0 fully saturated rings. The number of aliphatic hydroxyl groups is 1. The number of nitrogens with one attached hydrogen (secondary N) is 1. The molecular weight excluding hydrogens is 276 g/mol. The van der Waals surface area contributed by atoms with Crippen LogP contribution in [-0.4, -0.2) is 38.0 Å². The molecule has 0 radical (unpaired) electrons. The molecule has 0 aromatic heterocycles. The van der Waals surface area contributed by atoms with Crippen LogP contribution in [0.1, 0.15) is 31.2 Å². The average Bonchev–Trinajstić information content (AvgIpc) is 2.43. The van der Waals surface area contributed by atoms with Gasteiger partial charge in [0.25, 0.3) is 10.2 Å². The first kappa shape index (κ1) is 17.1. The van der Waals surface area contributed by atoms with Gasteiger partial charge in [-0.15, -0.1) is 0 Å². The third kappa shape index (κ3) is 6.47. The SMILES string of the molecule is CN(Cc1ccccc1)S(=O)(=O)NCCCCCCO. The molecule has 0 aliphatic rings. The quantitative estimate of drug-likeness (QED) is 0.643. The van der Waals surface area contributed by atoms with Crippen LogP contribution in [0.25, 0.3) is 0 Å². The number of hydrogen-bond acceptors (Lipinski definition) is 3. The van der Waals surface area contributed by atoms with Gasteiger partial charge >= 0.3 is 0 Å². The molecule has 1 rings (SSSR count). The van der Waals surface area contributed by atoms with Gasteiger partial charge in [0.15, 0.2) is 0 Å². The molecule has 0 unspecified atom stereocenters. The Morgan fingerprint density at radius 3 is 2.40 bits per heavy atom. The molecule has 20 heavy (non-hydrogen) atoms. The molecule has 5 nitrogen and oxygen atoms in total. The molecule has 1 aromatic carbocycles. The monoisotopic (exact) mass is 300 g/mol. The molecule has 0 aliphatic carbocycles. The van der Waals surface area contributed by atoms with E-state index in [9.17, 15) is 8.42 Å². The predicted molar refractivity (Wildman–Crippen MR) is 80.4 cm³/mol. The lowest BCUT2D eigenvalue weighted by molar-refractivity contribution is 0.282. The van der Waals surface area contributed by atoms with E-state index >= 15 is 0 Å². The van der Waals surface area contributed by atoms with Gasteiger partial charge in [-0.3, -0.25) is 0 Å². The molecule has 0 spiro atoms. The molecule has 0 amide bonds. The highest BCUT2D eigenvalue weighted by atomic mass is 32.2. The van der Waals surface area contributed by atoms with E-state index in [1.165, 1.54) is 4.31 Å². The van der Waals surface area contributed by atoms with Gasteiger partial charge < -0.3 is 5.11 Å². The van der Waals surface area contributed by atoms with E-state index in [1.54, 1.807) is 7.05 Å². The maximum Gasteiger partial charge on any atom is 0.279 e. The standard InChI is InChI=1S/C14H24N2O3S/c1-16(13-14-9-5-4-6-10-14)20(18,19)15-11-7-2-3-8-12-17/h4-6,9-10,15,17H,2-3,7-8,11-13H2,1H3. The second-order valence-electron chi connectivity index (χ2n) is 4.78. The fourth-order valence-electron chi connectivity index (χ4n) is 1.83. The highest BCUT2D eigenvalue weighted by molar-refractivity contribution is 7.87. The van der Waals surface area contributed by atoms with E-state index in [1.807, 2.05) is 30.3 Å². The van der Waals surface area contributed by atoms with Crippen LogP contribution in [0.3, 0.4) is 0 Å². The first-order valence-corrected chi connectivity index (χ1v) is 8.36. The summed E-state index contributed by atoms with van der Waals surface area (Å²) < 4.78 is 27.9. The minimum absolute atomic E-state index is 0.200. The smallest absolute Gasteiger partial charge is 0.279 e. The van der Waals surface area contributed by atoms with Gasteiger partial charge in [0.2, 0.25) is 0 Å². The van der Waals surface area contributed by atoms with Crippen LogP contribution in [0.2, 0.25) is 0 Å². The fraction of sp³-hybridized carbons (Fsp3) is 0.571. The lowest BCUT2D eigenvalue weighted by Crippen LogP contribution is -2.38. The van der Waals surface area contributed by atoms with Crippen molar-refractivity contribution in [3.63, 3.8) is 0 Å². The number of benzene rings is 1. The largest absolute Gasteiger partial charge is 0.396 e. The van der Waals surface area contributed by atoms with Crippen molar-refractivity contribution in [3.05, 3.63) is 35.9 Å². The van der Waals surface area contributed by atoms with Gasteiger partial charge in [-0.1, -0.05) is 43.2 Å². The normalized spacial score (nSPS) is 11.9. The Labute approximate surface area is 121 Å². The Kier molecular flexibility index (Phi) is 7.76. The highest BCUT2D eigenvalue weighted by Crippen LogP contribution is 2.06. The van der Waals surface area contributed by atoms with Gasteiger partial charge in [-0.25, -0.2) is 4.72 Å². The van der Waals surface area contributed by atoms with Crippen LogP contribution in [-0.2, 0) is 16.8 Å². The van der Waals surface area contributed by atoms with Gasteiger partial charge in [0.1, 0.15) is 0 Å². The van der Waals surface area contributed by atoms with Crippen molar-refractivity contribution in [2.75, 3.05) is 20.2 Å². The number of hydrogen-bond donors (Lipinski definition) is 2. The minimum atomic E-state index is -3.42. The molecule has 0 aliphatic heterocycles. The molecule has 0 saturated carbocycles. The summed E-state index contributed by atoms with van der Waals surface area (Å²) in [7, 11) is -1.85. The lowest BCUT2D eigenvalue weighted by Gasteiger charge is -2.17. The van der Waals surface area contributed by atoms with E-state index in [4.69, 9.17) is 5.11 Å². The number of rotatable bonds is 10. The molecule has 1 aromatic rings. The third-order valence-electron chi connectivity index (χ3n) is 3.03. The van der Waals surface area contributed by atoms with Crippen molar-refractivity contribution in [2.45, 2.75) is 32.2 Å². The average molecular weight is 300 g/mol. The molecule has 0 heterocycles. The van der Waals surface area contributed by atoms with Crippen LogP contribution in [0.15, 0.2) is 30.3 Å². The van der Waals surface area contributed by atoms with E-state index in [0.717, 1.165) is 31.2 Å². The summed E-state index contributed by atoms with van der Waals surface area (Å²) in [6.07, 6.45) is 3.42. The first-order chi connectivity index (χ1) is 9.56. The van der Waals surface area contributed by atoms with Crippen molar-refractivity contribution < 1.29 is 13.5 Å². The Bertz CT molecular complexity index is 463. The molecule has 6 heteroatoms. The summed E-state index contributed by atoms with van der Waals surface area (Å²) in [5, 5.41) is 8.65. The summed E-state index contributed by atoms with van der Waals surface area (Å²) in [6, 6.07) is 9.50. The van der Waals surface area contributed by atoms with Crippen LogP contribution in [0, 0.1) is 0 Å². The van der Waals surface area contributed by atoms with Crippen molar-refractivity contribution in [3.8, 4) is 0 Å². The molecule has 114 valence electrons. The van der Waals surface area contributed by atoms with Crippen molar-refractivity contribution in [1.29, 1.82) is 0 Å². The first-order valence-electron chi connectivity index (χ1n) is 6.92. The number of unbranched alkanes of at least 4 members (excludes halogenated alkanes) is 3. The van der Waals surface area contributed by atoms with Crippen molar-refractivity contribution in [2.24, 2.45) is 0 Å². The van der Waals surface area contributed by atoms with Gasteiger partial charge in [0.05, 0.1) is 0 Å². The molecule has 2 N–H and O–H groups in total. The van der Waals surface area contributed by atoms with E-state index in [2.05, 4.69) is 4.72 Å². The lowest BCUT2D eigenvalue weighted by atomic mass is 10.2. The number of nitrogens with zero attached hydrogens (tertiary/aromatic N) is 1. The zero-order valence-corrected chi connectivity index (χ0v) is 12.8. The Balaban J connectivity index is 2.32. The van der Waals surface area contributed by atoms with Gasteiger partial charge in [-0.05, 0) is 18.4 Å².